The number of hydrogen-bond donors (Lipinski definition) is 4. The average Bonchev–Trinajstić information content (AvgIpc) is 3.35. The zero-order valence-corrected chi connectivity index (χ0v) is 49.6. The van der Waals surface area contributed by atoms with E-state index < -0.39 is 32.7 Å². The first-order valence-electron chi connectivity index (χ1n) is 31.1. The number of unbranched alkanes of at least 4 members (excludes halogenated alkanes) is 35. The summed E-state index contributed by atoms with van der Waals surface area (Å²) in [7, 11) is 1.45. The highest BCUT2D eigenvalue weighted by Crippen LogP contribution is 2.43. The third-order valence-corrected chi connectivity index (χ3v) is 15.2. The number of carbonyl (C=O) groups excluding carboxylic acids is 1. The van der Waals surface area contributed by atoms with Crippen LogP contribution in [0.3, 0.4) is 0 Å². The summed E-state index contributed by atoms with van der Waals surface area (Å²) < 4.78 is 23.6. The lowest BCUT2D eigenvalue weighted by Crippen LogP contribution is -2.51. The van der Waals surface area contributed by atoms with Gasteiger partial charge in [0.05, 0.1) is 39.9 Å². The molecule has 0 aliphatic carbocycles. The summed E-state index contributed by atoms with van der Waals surface area (Å²) in [4.78, 5) is 23.3. The predicted molar refractivity (Wildman–Crippen MR) is 315 cm³/mol. The SMILES string of the molecule is CC/C=C\C/C=C\C/C=C\C/C=C\CCCCCCCCCCCCCCCCCCCCCCCCCCC(=O)NC(COP(=O)(O)OCC[N+](C)(C)C)C(O)C(O)CCCCCCCCCCCCCC. The van der Waals surface area contributed by atoms with E-state index in [-0.39, 0.29) is 12.5 Å². The highest BCUT2D eigenvalue weighted by atomic mass is 31.2. The van der Waals surface area contributed by atoms with Crippen LogP contribution < -0.4 is 5.32 Å². The molecule has 430 valence electrons. The van der Waals surface area contributed by atoms with Gasteiger partial charge in [0.15, 0.2) is 0 Å². The highest BCUT2D eigenvalue weighted by molar-refractivity contribution is 7.47. The van der Waals surface area contributed by atoms with Gasteiger partial charge in [0.25, 0.3) is 0 Å². The van der Waals surface area contributed by atoms with Gasteiger partial charge in [-0.25, -0.2) is 4.57 Å². The molecule has 0 aromatic heterocycles. The van der Waals surface area contributed by atoms with Crippen LogP contribution in [0.1, 0.15) is 290 Å². The number of likely N-dealkylation sites (N-methyl/N-ethyl adjacent to an activating group) is 1. The van der Waals surface area contributed by atoms with Gasteiger partial charge in [-0.05, 0) is 51.4 Å². The van der Waals surface area contributed by atoms with Gasteiger partial charge in [-0.2, -0.15) is 0 Å². The maximum atomic E-state index is 13.0. The molecule has 73 heavy (non-hydrogen) atoms. The van der Waals surface area contributed by atoms with E-state index in [2.05, 4.69) is 67.8 Å². The van der Waals surface area contributed by atoms with Gasteiger partial charge in [-0.15, -0.1) is 0 Å². The number of amides is 1. The Morgan fingerprint density at radius 3 is 1.25 bits per heavy atom. The van der Waals surface area contributed by atoms with Gasteiger partial charge >= 0.3 is 7.82 Å². The molecular formula is C63H122N2O7P+. The van der Waals surface area contributed by atoms with Crippen LogP contribution in [0, 0.1) is 0 Å². The fourth-order valence-corrected chi connectivity index (χ4v) is 10.1. The molecule has 0 aliphatic rings. The van der Waals surface area contributed by atoms with Crippen molar-refractivity contribution in [2.45, 2.75) is 308 Å². The summed E-state index contributed by atoms with van der Waals surface area (Å²) in [5, 5.41) is 24.8. The molecule has 1 amide bonds. The van der Waals surface area contributed by atoms with Crippen molar-refractivity contribution in [3.8, 4) is 0 Å². The first-order chi connectivity index (χ1) is 35.4. The van der Waals surface area contributed by atoms with E-state index in [1.54, 1.807) is 0 Å². The first kappa shape index (κ1) is 71.4. The minimum absolute atomic E-state index is 0.0234. The normalized spacial score (nSPS) is 14.6. The second kappa shape index (κ2) is 53.8. The van der Waals surface area contributed by atoms with Crippen molar-refractivity contribution >= 4 is 13.7 Å². The summed E-state index contributed by atoms with van der Waals surface area (Å²) in [6.07, 6.45) is 68.0. The number of phosphoric acid groups is 1. The quantitative estimate of drug-likeness (QED) is 0.0207. The molecule has 0 saturated carbocycles. The number of nitrogens with one attached hydrogen (secondary N) is 1. The van der Waals surface area contributed by atoms with Crippen LogP contribution in [0.4, 0.5) is 0 Å². The van der Waals surface area contributed by atoms with Crippen LogP contribution in [0.5, 0.6) is 0 Å². The molecule has 0 fully saturated rings. The van der Waals surface area contributed by atoms with Crippen LogP contribution in [0.15, 0.2) is 48.6 Å². The second-order valence-electron chi connectivity index (χ2n) is 22.5. The molecule has 0 radical (unpaired) electrons. The van der Waals surface area contributed by atoms with Gasteiger partial charge in [0, 0.05) is 6.42 Å². The molecule has 4 N–H and O–H groups in total. The van der Waals surface area contributed by atoms with Gasteiger partial charge in [0.2, 0.25) is 5.91 Å². The van der Waals surface area contributed by atoms with Crippen molar-refractivity contribution in [3.63, 3.8) is 0 Å². The number of allylic oxidation sites excluding steroid dienone is 8. The monoisotopic (exact) mass is 1050 g/mol. The van der Waals surface area contributed by atoms with E-state index >= 15 is 0 Å². The zero-order valence-electron chi connectivity index (χ0n) is 48.7. The number of rotatable bonds is 57. The van der Waals surface area contributed by atoms with Gasteiger partial charge in [-0.3, -0.25) is 13.8 Å². The molecule has 10 heteroatoms. The van der Waals surface area contributed by atoms with Crippen LogP contribution in [-0.4, -0.2) is 84.6 Å². The summed E-state index contributed by atoms with van der Waals surface area (Å²) in [6.45, 7) is 4.52. The minimum Gasteiger partial charge on any atom is -0.390 e. The van der Waals surface area contributed by atoms with Gasteiger partial charge in [-0.1, -0.05) is 281 Å². The van der Waals surface area contributed by atoms with Gasteiger partial charge < -0.3 is 24.9 Å². The largest absolute Gasteiger partial charge is 0.472 e. The number of nitrogens with zero attached hydrogens (tertiary/aromatic N) is 1. The zero-order chi connectivity index (χ0) is 53.6. The molecule has 0 heterocycles. The van der Waals surface area contributed by atoms with Crippen molar-refractivity contribution < 1.29 is 38.0 Å². The van der Waals surface area contributed by atoms with Crippen LogP contribution in [0.2, 0.25) is 0 Å². The van der Waals surface area contributed by atoms with Crippen LogP contribution >= 0.6 is 7.82 Å². The molecular weight excluding hydrogens is 928 g/mol. The number of aliphatic hydroxyl groups is 2. The number of phosphoric ester groups is 1. The molecule has 0 aliphatic heterocycles. The van der Waals surface area contributed by atoms with E-state index in [0.717, 1.165) is 64.2 Å². The van der Waals surface area contributed by atoms with E-state index in [1.165, 1.54) is 199 Å². The van der Waals surface area contributed by atoms with E-state index in [0.29, 0.717) is 23.9 Å². The second-order valence-corrected chi connectivity index (χ2v) is 24.0. The number of aliphatic hydroxyl groups excluding tert-OH is 2. The van der Waals surface area contributed by atoms with Crippen molar-refractivity contribution in [3.05, 3.63) is 48.6 Å². The van der Waals surface area contributed by atoms with E-state index in [4.69, 9.17) is 9.05 Å². The predicted octanol–water partition coefficient (Wildman–Crippen LogP) is 18.1. The molecule has 4 unspecified atom stereocenters. The molecule has 4 atom stereocenters. The lowest BCUT2D eigenvalue weighted by atomic mass is 9.99. The Morgan fingerprint density at radius 2 is 0.849 bits per heavy atom. The minimum atomic E-state index is -4.42. The summed E-state index contributed by atoms with van der Waals surface area (Å²) in [5.74, 6) is -0.254. The highest BCUT2D eigenvalue weighted by Gasteiger charge is 2.32. The summed E-state index contributed by atoms with van der Waals surface area (Å²) in [5.41, 5.74) is 0. The Kier molecular flexibility index (Phi) is 52.6. The molecule has 0 spiro atoms. The maximum Gasteiger partial charge on any atom is 0.472 e. The lowest BCUT2D eigenvalue weighted by molar-refractivity contribution is -0.870. The molecule has 0 aromatic rings. The molecule has 9 nitrogen and oxygen atoms in total. The standard InChI is InChI=1S/C63H121N2O7P/c1-6-8-10-12-14-16-18-20-21-22-23-24-25-26-27-28-29-30-31-32-33-34-35-36-37-38-39-40-41-42-43-44-46-48-50-52-54-56-62(67)64-60(59-72-73(69,70)71-58-57-65(3,4)5)63(68)61(66)55-53-51-49-47-45-19-17-15-13-11-9-7-2/h8,10,14,16,20-21,23-24,60-61,63,66,68H,6-7,9,11-13,15,17-19,22,25-59H2,1-5H3,(H-,64,67,69,70)/p+1/b10-8-,16-14-,21-20-,24-23-. The summed E-state index contributed by atoms with van der Waals surface area (Å²) in [6, 6.07) is -1.03. The maximum absolute atomic E-state index is 13.0. The number of hydrogen-bond acceptors (Lipinski definition) is 6. The van der Waals surface area contributed by atoms with Crippen molar-refractivity contribution in [1.29, 1.82) is 0 Å². The van der Waals surface area contributed by atoms with Gasteiger partial charge in [0.1, 0.15) is 19.3 Å². The topological polar surface area (TPSA) is 125 Å². The Labute approximate surface area is 452 Å². The van der Waals surface area contributed by atoms with Crippen LogP contribution in [0.25, 0.3) is 0 Å². The Hall–Kier alpha value is -1.58. The average molecular weight is 1050 g/mol. The number of quaternary nitrogens is 1. The molecule has 0 rings (SSSR count). The van der Waals surface area contributed by atoms with Crippen molar-refractivity contribution in [1.82, 2.24) is 5.32 Å². The van der Waals surface area contributed by atoms with Crippen molar-refractivity contribution in [2.75, 3.05) is 40.9 Å². The molecule has 0 aromatic carbocycles. The Bertz CT molecular complexity index is 1350. The Balaban J connectivity index is 3.96. The van der Waals surface area contributed by atoms with Crippen LogP contribution in [-0.2, 0) is 18.4 Å². The third-order valence-electron chi connectivity index (χ3n) is 14.2. The first-order valence-corrected chi connectivity index (χ1v) is 32.6. The summed E-state index contributed by atoms with van der Waals surface area (Å²) >= 11 is 0. The third kappa shape index (κ3) is 55.0. The Morgan fingerprint density at radius 1 is 0.493 bits per heavy atom. The molecule has 0 saturated heterocycles. The van der Waals surface area contributed by atoms with E-state index in [9.17, 15) is 24.5 Å². The molecule has 0 bridgehead atoms. The fourth-order valence-electron chi connectivity index (χ4n) is 9.31. The fraction of sp³-hybridized carbons (Fsp3) is 0.857. The lowest BCUT2D eigenvalue weighted by Gasteiger charge is -2.28. The van der Waals surface area contributed by atoms with E-state index in [1.807, 2.05) is 21.1 Å². The number of carbonyl (C=O) groups is 1. The smallest absolute Gasteiger partial charge is 0.390 e. The van der Waals surface area contributed by atoms with Crippen molar-refractivity contribution in [2.24, 2.45) is 0 Å².